The molecule has 3 rings (SSSR count). The van der Waals surface area contributed by atoms with Crippen molar-refractivity contribution in [2.75, 3.05) is 13.7 Å². The topological polar surface area (TPSA) is 9.23 Å². The van der Waals surface area contributed by atoms with Crippen molar-refractivity contribution in [2.24, 2.45) is 0 Å². The second-order valence-corrected chi connectivity index (χ2v) is 4.89. The quantitative estimate of drug-likeness (QED) is 0.487. The van der Waals surface area contributed by atoms with Crippen LogP contribution in [-0.4, -0.2) is 13.7 Å². The summed E-state index contributed by atoms with van der Waals surface area (Å²) in [6.45, 7) is 0.817. The van der Waals surface area contributed by atoms with E-state index in [9.17, 15) is 0 Å². The zero-order valence-electron chi connectivity index (χ0n) is 11.2. The zero-order chi connectivity index (χ0) is 13.1. The summed E-state index contributed by atoms with van der Waals surface area (Å²) in [6, 6.07) is 19.6. The number of benzene rings is 3. The Morgan fingerprint density at radius 3 is 2.00 bits per heavy atom. The van der Waals surface area contributed by atoms with Crippen LogP contribution >= 0.6 is 0 Å². The molecule has 0 saturated carbocycles. The molecule has 1 heteroatoms. The van der Waals surface area contributed by atoms with Crippen molar-refractivity contribution in [3.05, 3.63) is 60.2 Å². The van der Waals surface area contributed by atoms with Crippen molar-refractivity contribution in [3.8, 4) is 0 Å². The van der Waals surface area contributed by atoms with Crippen molar-refractivity contribution in [1.29, 1.82) is 0 Å². The van der Waals surface area contributed by atoms with E-state index in [4.69, 9.17) is 4.74 Å². The Hall–Kier alpha value is -1.86. The highest BCUT2D eigenvalue weighted by molar-refractivity contribution is 6.02. The van der Waals surface area contributed by atoms with Gasteiger partial charge in [-0.05, 0) is 46.0 Å². The summed E-state index contributed by atoms with van der Waals surface area (Å²) >= 11 is 0. The van der Waals surface area contributed by atoms with Gasteiger partial charge in [-0.15, -0.1) is 0 Å². The number of hydrogen-bond acceptors (Lipinski definition) is 1. The van der Waals surface area contributed by atoms with E-state index in [-0.39, 0.29) is 0 Å². The second-order valence-electron chi connectivity index (χ2n) is 4.89. The van der Waals surface area contributed by atoms with Crippen LogP contribution < -0.4 is 0 Å². The maximum Gasteiger partial charge on any atom is 0.0465 e. The molecule has 1 nitrogen and oxygen atoms in total. The molecule has 3 aromatic rings. The predicted molar refractivity (Wildman–Crippen MR) is 81.7 cm³/mol. The van der Waals surface area contributed by atoms with Gasteiger partial charge in [-0.25, -0.2) is 0 Å². The lowest BCUT2D eigenvalue weighted by Gasteiger charge is -2.11. The predicted octanol–water partition coefficient (Wildman–Crippen LogP) is 4.57. The van der Waals surface area contributed by atoms with E-state index in [1.165, 1.54) is 27.1 Å². The highest BCUT2D eigenvalue weighted by atomic mass is 16.5. The largest absolute Gasteiger partial charge is 0.385 e. The molecule has 0 aromatic heterocycles. The van der Waals surface area contributed by atoms with E-state index in [0.717, 1.165) is 19.4 Å². The van der Waals surface area contributed by atoms with Crippen molar-refractivity contribution < 1.29 is 4.74 Å². The van der Waals surface area contributed by atoms with Gasteiger partial charge < -0.3 is 4.74 Å². The van der Waals surface area contributed by atoms with Gasteiger partial charge >= 0.3 is 0 Å². The molecule has 19 heavy (non-hydrogen) atoms. The van der Waals surface area contributed by atoms with Crippen LogP contribution in [0.15, 0.2) is 54.6 Å². The molecule has 0 unspecified atom stereocenters. The van der Waals surface area contributed by atoms with E-state index in [1.54, 1.807) is 7.11 Å². The fourth-order valence-corrected chi connectivity index (χ4v) is 2.77. The van der Waals surface area contributed by atoms with Crippen LogP contribution in [0, 0.1) is 0 Å². The van der Waals surface area contributed by atoms with Crippen molar-refractivity contribution in [1.82, 2.24) is 0 Å². The molecule has 0 aliphatic heterocycles. The number of fused-ring (bicyclic) bond motifs is 2. The molecule has 0 heterocycles. The molecule has 0 aliphatic rings. The van der Waals surface area contributed by atoms with Gasteiger partial charge in [0.05, 0.1) is 0 Å². The second kappa shape index (κ2) is 5.41. The van der Waals surface area contributed by atoms with Gasteiger partial charge in [-0.3, -0.25) is 0 Å². The van der Waals surface area contributed by atoms with Gasteiger partial charge in [0.2, 0.25) is 0 Å². The summed E-state index contributed by atoms with van der Waals surface area (Å²) in [4.78, 5) is 0. The molecule has 0 amide bonds. The van der Waals surface area contributed by atoms with E-state index < -0.39 is 0 Å². The van der Waals surface area contributed by atoms with Gasteiger partial charge in [-0.1, -0.05) is 48.5 Å². The standard InChI is InChI=1S/C18H18O/c1-19-12-6-11-18-16-9-4-2-7-14(16)13-15-8-3-5-10-17(15)18/h2-5,7-10,13H,6,11-12H2,1H3. The maximum absolute atomic E-state index is 5.19. The number of hydrogen-bond donors (Lipinski definition) is 0. The Kier molecular flexibility index (Phi) is 3.47. The summed E-state index contributed by atoms with van der Waals surface area (Å²) in [7, 11) is 1.77. The summed E-state index contributed by atoms with van der Waals surface area (Å²) in [5, 5.41) is 5.40. The summed E-state index contributed by atoms with van der Waals surface area (Å²) in [6.07, 6.45) is 2.13. The Labute approximate surface area is 113 Å². The molecule has 0 saturated heterocycles. The molecule has 96 valence electrons. The van der Waals surface area contributed by atoms with Crippen LogP contribution in [0.25, 0.3) is 21.5 Å². The van der Waals surface area contributed by atoms with Crippen LogP contribution in [0.5, 0.6) is 0 Å². The van der Waals surface area contributed by atoms with Gasteiger partial charge in [-0.2, -0.15) is 0 Å². The van der Waals surface area contributed by atoms with E-state index in [0.29, 0.717) is 0 Å². The molecule has 0 N–H and O–H groups in total. The summed E-state index contributed by atoms with van der Waals surface area (Å²) in [5.74, 6) is 0. The molecule has 0 atom stereocenters. The van der Waals surface area contributed by atoms with Crippen LogP contribution in [0.1, 0.15) is 12.0 Å². The Morgan fingerprint density at radius 1 is 0.842 bits per heavy atom. The smallest absolute Gasteiger partial charge is 0.0465 e. The average Bonchev–Trinajstić information content (AvgIpc) is 2.46. The first-order valence-electron chi connectivity index (χ1n) is 6.78. The van der Waals surface area contributed by atoms with Crippen molar-refractivity contribution in [3.63, 3.8) is 0 Å². The molecule has 0 radical (unpaired) electrons. The summed E-state index contributed by atoms with van der Waals surface area (Å²) in [5.41, 5.74) is 1.45. The molecule has 0 spiro atoms. The van der Waals surface area contributed by atoms with Crippen molar-refractivity contribution in [2.45, 2.75) is 12.8 Å². The van der Waals surface area contributed by atoms with Gasteiger partial charge in [0.15, 0.2) is 0 Å². The Balaban J connectivity index is 2.21. The normalized spacial score (nSPS) is 11.2. The number of ether oxygens (including phenoxy) is 1. The monoisotopic (exact) mass is 250 g/mol. The first-order chi connectivity index (χ1) is 9.40. The fourth-order valence-electron chi connectivity index (χ4n) is 2.77. The maximum atomic E-state index is 5.19. The molecular formula is C18H18O. The van der Waals surface area contributed by atoms with Crippen LogP contribution in [0.4, 0.5) is 0 Å². The number of methoxy groups -OCH3 is 1. The lowest BCUT2D eigenvalue weighted by atomic mass is 9.94. The minimum Gasteiger partial charge on any atom is -0.385 e. The SMILES string of the molecule is COCCCc1c2ccccc2cc2ccccc12. The first kappa shape index (κ1) is 12.2. The summed E-state index contributed by atoms with van der Waals surface area (Å²) < 4.78 is 5.19. The zero-order valence-corrected chi connectivity index (χ0v) is 11.2. The third kappa shape index (κ3) is 2.34. The molecule has 0 aliphatic carbocycles. The first-order valence-corrected chi connectivity index (χ1v) is 6.78. The van der Waals surface area contributed by atoms with Crippen molar-refractivity contribution >= 4 is 21.5 Å². The third-order valence-electron chi connectivity index (χ3n) is 3.66. The van der Waals surface area contributed by atoms with Gasteiger partial charge in [0.1, 0.15) is 0 Å². The van der Waals surface area contributed by atoms with Crippen LogP contribution in [0.2, 0.25) is 0 Å². The lowest BCUT2D eigenvalue weighted by Crippen LogP contribution is -1.95. The third-order valence-corrected chi connectivity index (χ3v) is 3.66. The lowest BCUT2D eigenvalue weighted by molar-refractivity contribution is 0.195. The average molecular weight is 250 g/mol. The van der Waals surface area contributed by atoms with E-state index in [2.05, 4.69) is 54.6 Å². The molecule has 0 fully saturated rings. The van der Waals surface area contributed by atoms with Gasteiger partial charge in [0, 0.05) is 13.7 Å². The molecule has 0 bridgehead atoms. The number of aryl methyl sites for hydroxylation is 1. The van der Waals surface area contributed by atoms with E-state index >= 15 is 0 Å². The molecule has 3 aromatic carbocycles. The Bertz CT molecular complexity index is 646. The van der Waals surface area contributed by atoms with Crippen LogP contribution in [-0.2, 0) is 11.2 Å². The highest BCUT2D eigenvalue weighted by Gasteiger charge is 2.06. The highest BCUT2D eigenvalue weighted by Crippen LogP contribution is 2.29. The Morgan fingerprint density at radius 2 is 1.42 bits per heavy atom. The fraction of sp³-hybridized carbons (Fsp3) is 0.222. The minimum atomic E-state index is 0.817. The molecular weight excluding hydrogens is 232 g/mol. The number of rotatable bonds is 4. The van der Waals surface area contributed by atoms with Gasteiger partial charge in [0.25, 0.3) is 0 Å². The minimum absolute atomic E-state index is 0.817. The van der Waals surface area contributed by atoms with E-state index in [1.807, 2.05) is 0 Å². The van der Waals surface area contributed by atoms with Crippen LogP contribution in [0.3, 0.4) is 0 Å².